The summed E-state index contributed by atoms with van der Waals surface area (Å²) in [4.78, 5) is 4.60. The van der Waals surface area contributed by atoms with Gasteiger partial charge in [-0.15, -0.1) is 5.10 Å². The van der Waals surface area contributed by atoms with Gasteiger partial charge in [0.2, 0.25) is 0 Å². The zero-order chi connectivity index (χ0) is 19.5. The predicted octanol–water partition coefficient (Wildman–Crippen LogP) is 5.28. The molecule has 0 fully saturated rings. The number of benzene rings is 3. The normalized spacial score (nSPS) is 11.2. The first-order valence-electron chi connectivity index (χ1n) is 8.59. The molecule has 6 heteroatoms. The predicted molar refractivity (Wildman–Crippen MR) is 113 cm³/mol. The van der Waals surface area contributed by atoms with Gasteiger partial charge in [0.25, 0.3) is 0 Å². The maximum Gasteiger partial charge on any atom is 0.175 e. The van der Waals surface area contributed by atoms with E-state index in [1.165, 1.54) is 0 Å². The molecule has 5 nitrogen and oxygen atoms in total. The molecular weight excluding hydrogens is 418 g/mol. The number of halogens is 1. The number of aromatic nitrogens is 3. The van der Waals surface area contributed by atoms with Gasteiger partial charge < -0.3 is 10.2 Å². The van der Waals surface area contributed by atoms with Crippen LogP contribution in [0.25, 0.3) is 29.2 Å². The summed E-state index contributed by atoms with van der Waals surface area (Å²) in [6, 6.07) is 21.8. The lowest BCUT2D eigenvalue weighted by molar-refractivity contribution is 0.474. The third kappa shape index (κ3) is 3.68. The maximum absolute atomic E-state index is 10.3. The molecular formula is C22H16BrN3O2. The first-order valence-corrected chi connectivity index (χ1v) is 9.38. The van der Waals surface area contributed by atoms with Crippen LogP contribution >= 0.6 is 15.9 Å². The number of phenolic OH excluding ortho intramolecular Hbond substituents is 2. The van der Waals surface area contributed by atoms with Crippen LogP contribution in [0.1, 0.15) is 11.4 Å². The minimum Gasteiger partial charge on any atom is -0.507 e. The van der Waals surface area contributed by atoms with Gasteiger partial charge in [-0.05, 0) is 54.6 Å². The quantitative estimate of drug-likeness (QED) is 0.459. The fraction of sp³-hybridized carbons (Fsp3) is 0. The average molecular weight is 434 g/mol. The number of rotatable bonds is 4. The molecule has 1 heterocycles. The van der Waals surface area contributed by atoms with E-state index in [0.29, 0.717) is 22.8 Å². The Bertz CT molecular complexity index is 1150. The highest BCUT2D eigenvalue weighted by Crippen LogP contribution is 2.29. The van der Waals surface area contributed by atoms with Crippen LogP contribution in [0.4, 0.5) is 0 Å². The zero-order valence-corrected chi connectivity index (χ0v) is 16.3. The Morgan fingerprint density at radius 2 is 1.57 bits per heavy atom. The molecule has 0 spiro atoms. The van der Waals surface area contributed by atoms with Crippen molar-refractivity contribution in [3.05, 3.63) is 88.7 Å². The lowest BCUT2D eigenvalue weighted by atomic mass is 10.2. The highest BCUT2D eigenvalue weighted by Gasteiger charge is 2.15. The van der Waals surface area contributed by atoms with Crippen LogP contribution < -0.4 is 0 Å². The largest absolute Gasteiger partial charge is 0.507 e. The first-order chi connectivity index (χ1) is 13.6. The summed E-state index contributed by atoms with van der Waals surface area (Å²) < 4.78 is 2.55. The molecule has 0 aliphatic heterocycles. The molecule has 0 saturated heterocycles. The molecule has 0 amide bonds. The topological polar surface area (TPSA) is 71.2 Å². The van der Waals surface area contributed by atoms with Gasteiger partial charge in [0.05, 0.1) is 11.3 Å². The van der Waals surface area contributed by atoms with E-state index >= 15 is 0 Å². The lowest BCUT2D eigenvalue weighted by Gasteiger charge is -2.06. The van der Waals surface area contributed by atoms with Gasteiger partial charge in [0.1, 0.15) is 11.5 Å². The molecule has 0 radical (unpaired) electrons. The van der Waals surface area contributed by atoms with E-state index in [2.05, 4.69) is 26.0 Å². The summed E-state index contributed by atoms with van der Waals surface area (Å²) in [6.45, 7) is 0. The smallest absolute Gasteiger partial charge is 0.175 e. The molecule has 0 unspecified atom stereocenters. The van der Waals surface area contributed by atoms with Crippen molar-refractivity contribution < 1.29 is 10.2 Å². The first kappa shape index (κ1) is 18.0. The molecule has 2 N–H and O–H groups in total. The van der Waals surface area contributed by atoms with E-state index in [1.54, 1.807) is 47.2 Å². The third-order valence-electron chi connectivity index (χ3n) is 4.17. The summed E-state index contributed by atoms with van der Waals surface area (Å²) >= 11 is 3.40. The number of aromatic hydroxyl groups is 2. The maximum atomic E-state index is 10.3. The monoisotopic (exact) mass is 433 g/mol. The highest BCUT2D eigenvalue weighted by atomic mass is 79.9. The fourth-order valence-corrected chi connectivity index (χ4v) is 3.19. The van der Waals surface area contributed by atoms with Gasteiger partial charge >= 0.3 is 0 Å². The van der Waals surface area contributed by atoms with Crippen molar-refractivity contribution in [3.63, 3.8) is 0 Å². The Kier molecular flexibility index (Phi) is 4.95. The number of hydrogen-bond acceptors (Lipinski definition) is 4. The number of para-hydroxylation sites is 2. The van der Waals surface area contributed by atoms with Crippen molar-refractivity contribution in [3.8, 4) is 28.6 Å². The number of nitrogens with zero attached hydrogens (tertiary/aromatic N) is 3. The minimum atomic E-state index is 0.132. The summed E-state index contributed by atoms with van der Waals surface area (Å²) in [7, 11) is 0. The Morgan fingerprint density at radius 1 is 0.821 bits per heavy atom. The molecule has 1 aromatic heterocycles. The number of hydrogen-bond donors (Lipinski definition) is 2. The van der Waals surface area contributed by atoms with Crippen molar-refractivity contribution in [2.45, 2.75) is 0 Å². The van der Waals surface area contributed by atoms with E-state index in [4.69, 9.17) is 0 Å². The van der Waals surface area contributed by atoms with Crippen LogP contribution in [0.5, 0.6) is 11.5 Å². The van der Waals surface area contributed by atoms with Crippen molar-refractivity contribution in [1.82, 2.24) is 14.8 Å². The Labute approximate surface area is 170 Å². The van der Waals surface area contributed by atoms with Gasteiger partial charge in [-0.2, -0.15) is 0 Å². The molecule has 0 bridgehead atoms. The van der Waals surface area contributed by atoms with Crippen molar-refractivity contribution in [1.29, 1.82) is 0 Å². The van der Waals surface area contributed by atoms with Crippen LogP contribution in [0, 0.1) is 0 Å². The van der Waals surface area contributed by atoms with Gasteiger partial charge in [-0.1, -0.05) is 46.3 Å². The molecule has 138 valence electrons. The van der Waals surface area contributed by atoms with Gasteiger partial charge in [-0.3, -0.25) is 0 Å². The van der Waals surface area contributed by atoms with Gasteiger partial charge in [-0.25, -0.2) is 9.67 Å². The van der Waals surface area contributed by atoms with E-state index in [0.717, 1.165) is 10.2 Å². The van der Waals surface area contributed by atoms with Crippen molar-refractivity contribution in [2.75, 3.05) is 0 Å². The van der Waals surface area contributed by atoms with Crippen LogP contribution in [0.3, 0.4) is 0 Å². The molecule has 0 atom stereocenters. The summed E-state index contributed by atoms with van der Waals surface area (Å²) in [5, 5.41) is 24.9. The second-order valence-electron chi connectivity index (χ2n) is 6.09. The second-order valence-corrected chi connectivity index (χ2v) is 7.01. The van der Waals surface area contributed by atoms with Crippen LogP contribution in [0.15, 0.2) is 77.3 Å². The SMILES string of the molecule is Oc1ccc(Br)cc1C=Cc1nc(-c2ccccc2O)n(-c2ccccc2)n1. The highest BCUT2D eigenvalue weighted by molar-refractivity contribution is 9.10. The van der Waals surface area contributed by atoms with Crippen LogP contribution in [0.2, 0.25) is 0 Å². The molecule has 0 aliphatic rings. The molecule has 0 saturated carbocycles. The van der Waals surface area contributed by atoms with Gasteiger partial charge in [0, 0.05) is 10.0 Å². The summed E-state index contributed by atoms with van der Waals surface area (Å²) in [5.41, 5.74) is 2.07. The minimum absolute atomic E-state index is 0.132. The van der Waals surface area contributed by atoms with Crippen LogP contribution in [-0.4, -0.2) is 25.0 Å². The Hall–Kier alpha value is -3.38. The fourth-order valence-electron chi connectivity index (χ4n) is 2.81. The Morgan fingerprint density at radius 3 is 2.36 bits per heavy atom. The molecule has 4 aromatic rings. The molecule has 3 aromatic carbocycles. The standard InChI is InChI=1S/C22H16BrN3O2/c23-16-11-12-19(27)15(14-16)10-13-21-24-22(18-8-4-5-9-20(18)28)26(25-21)17-6-2-1-3-7-17/h1-14,27-28H. The average Bonchev–Trinajstić information content (AvgIpc) is 3.14. The Balaban J connectivity index is 1.81. The molecule has 28 heavy (non-hydrogen) atoms. The van der Waals surface area contributed by atoms with E-state index < -0.39 is 0 Å². The summed E-state index contributed by atoms with van der Waals surface area (Å²) in [5.74, 6) is 1.29. The van der Waals surface area contributed by atoms with Gasteiger partial charge in [0.15, 0.2) is 11.6 Å². The van der Waals surface area contributed by atoms with E-state index in [1.807, 2.05) is 42.5 Å². The van der Waals surface area contributed by atoms with Crippen LogP contribution in [-0.2, 0) is 0 Å². The van der Waals surface area contributed by atoms with Crippen molar-refractivity contribution in [2.24, 2.45) is 0 Å². The van der Waals surface area contributed by atoms with E-state index in [9.17, 15) is 10.2 Å². The van der Waals surface area contributed by atoms with E-state index in [-0.39, 0.29) is 11.5 Å². The summed E-state index contributed by atoms with van der Waals surface area (Å²) in [6.07, 6.45) is 3.48. The third-order valence-corrected chi connectivity index (χ3v) is 4.66. The molecule has 0 aliphatic carbocycles. The lowest BCUT2D eigenvalue weighted by Crippen LogP contribution is -1.99. The molecule has 4 rings (SSSR count). The zero-order valence-electron chi connectivity index (χ0n) is 14.7. The second kappa shape index (κ2) is 7.70. The number of phenols is 2. The van der Waals surface area contributed by atoms with Crippen molar-refractivity contribution >= 4 is 28.1 Å².